The van der Waals surface area contributed by atoms with E-state index in [4.69, 9.17) is 5.11 Å². The van der Waals surface area contributed by atoms with E-state index in [1.54, 1.807) is 0 Å². The zero-order valence-electron chi connectivity index (χ0n) is 9.93. The molecular weight excluding hydrogens is 282 g/mol. The molecule has 0 aliphatic heterocycles. The summed E-state index contributed by atoms with van der Waals surface area (Å²) in [5.74, 6) is -3.68. The summed E-state index contributed by atoms with van der Waals surface area (Å²) in [6, 6.07) is 3.05. The number of hydrogen-bond donors (Lipinski definition) is 2. The van der Waals surface area contributed by atoms with E-state index in [9.17, 15) is 22.0 Å². The highest BCUT2D eigenvalue weighted by atomic mass is 32.2. The van der Waals surface area contributed by atoms with Crippen LogP contribution in [-0.4, -0.2) is 37.4 Å². The normalized spacial score (nSPS) is 11.6. The SMILES string of the molecule is CN(CCC(=O)O)S(=O)(=O)Nc1cccc(F)c1F. The van der Waals surface area contributed by atoms with Gasteiger partial charge in [-0.1, -0.05) is 6.07 Å². The number of benzene rings is 1. The molecule has 0 radical (unpaired) electrons. The number of hydrogen-bond acceptors (Lipinski definition) is 3. The average molecular weight is 294 g/mol. The van der Waals surface area contributed by atoms with E-state index in [1.807, 2.05) is 4.72 Å². The third kappa shape index (κ3) is 4.14. The number of halogens is 2. The van der Waals surface area contributed by atoms with E-state index in [-0.39, 0.29) is 6.54 Å². The van der Waals surface area contributed by atoms with Crippen LogP contribution in [-0.2, 0) is 15.0 Å². The molecule has 0 aliphatic carbocycles. The minimum absolute atomic E-state index is 0.290. The van der Waals surface area contributed by atoms with Crippen LogP contribution >= 0.6 is 0 Å². The van der Waals surface area contributed by atoms with E-state index in [0.717, 1.165) is 25.2 Å². The molecule has 0 atom stereocenters. The van der Waals surface area contributed by atoms with Crippen LogP contribution in [0.15, 0.2) is 18.2 Å². The summed E-state index contributed by atoms with van der Waals surface area (Å²) in [5, 5.41) is 8.45. The number of nitrogens with zero attached hydrogens (tertiary/aromatic N) is 1. The highest BCUT2D eigenvalue weighted by Gasteiger charge is 2.20. The summed E-state index contributed by atoms with van der Waals surface area (Å²) in [6.45, 7) is -0.290. The summed E-state index contributed by atoms with van der Waals surface area (Å²) in [5.41, 5.74) is -0.540. The van der Waals surface area contributed by atoms with Crippen LogP contribution in [0.25, 0.3) is 0 Å². The Morgan fingerprint density at radius 1 is 1.42 bits per heavy atom. The molecule has 1 aromatic rings. The fraction of sp³-hybridized carbons (Fsp3) is 0.300. The second-order valence-electron chi connectivity index (χ2n) is 3.67. The lowest BCUT2D eigenvalue weighted by Gasteiger charge is -2.17. The number of carboxylic acids is 1. The summed E-state index contributed by atoms with van der Waals surface area (Å²) in [7, 11) is -3.01. The van der Waals surface area contributed by atoms with E-state index in [0.29, 0.717) is 4.31 Å². The fourth-order valence-corrected chi connectivity index (χ4v) is 2.10. The van der Waals surface area contributed by atoms with E-state index in [2.05, 4.69) is 0 Å². The third-order valence-corrected chi connectivity index (χ3v) is 3.72. The molecule has 9 heteroatoms. The molecule has 0 saturated heterocycles. The van der Waals surface area contributed by atoms with Crippen LogP contribution in [0.5, 0.6) is 0 Å². The molecule has 0 amide bonds. The van der Waals surface area contributed by atoms with Crippen LogP contribution in [0.3, 0.4) is 0 Å². The predicted octanol–water partition coefficient (Wildman–Crippen LogP) is 1.03. The number of rotatable bonds is 6. The van der Waals surface area contributed by atoms with Crippen molar-refractivity contribution in [2.24, 2.45) is 0 Å². The van der Waals surface area contributed by atoms with Gasteiger partial charge in [0.25, 0.3) is 0 Å². The van der Waals surface area contributed by atoms with Crippen molar-refractivity contribution in [1.82, 2.24) is 4.31 Å². The van der Waals surface area contributed by atoms with Gasteiger partial charge in [-0.15, -0.1) is 0 Å². The first-order valence-electron chi connectivity index (χ1n) is 5.14. The number of carboxylic acid groups (broad SMARTS) is 1. The Hall–Kier alpha value is -1.74. The number of carbonyl (C=O) groups is 1. The maximum Gasteiger partial charge on any atom is 0.304 e. The highest BCUT2D eigenvalue weighted by Crippen LogP contribution is 2.18. The Balaban J connectivity index is 2.84. The molecule has 0 bridgehead atoms. The first-order chi connectivity index (χ1) is 8.74. The van der Waals surface area contributed by atoms with Gasteiger partial charge in [-0.05, 0) is 12.1 Å². The van der Waals surface area contributed by atoms with Crippen molar-refractivity contribution in [2.75, 3.05) is 18.3 Å². The standard InChI is InChI=1S/C10H12F2N2O4S/c1-14(6-5-9(15)16)19(17,18)13-8-4-2-3-7(11)10(8)12/h2-4,13H,5-6H2,1H3,(H,15,16). The van der Waals surface area contributed by atoms with Gasteiger partial charge in [0, 0.05) is 13.6 Å². The van der Waals surface area contributed by atoms with Gasteiger partial charge in [0.1, 0.15) is 0 Å². The molecule has 0 aliphatic rings. The lowest BCUT2D eigenvalue weighted by molar-refractivity contribution is -0.137. The van der Waals surface area contributed by atoms with E-state index in [1.165, 1.54) is 0 Å². The Morgan fingerprint density at radius 2 is 2.05 bits per heavy atom. The van der Waals surface area contributed by atoms with Gasteiger partial charge in [0.2, 0.25) is 0 Å². The first-order valence-corrected chi connectivity index (χ1v) is 6.58. The Bertz CT molecular complexity index is 577. The summed E-state index contributed by atoms with van der Waals surface area (Å²) in [6.07, 6.45) is -0.400. The highest BCUT2D eigenvalue weighted by molar-refractivity contribution is 7.90. The van der Waals surface area contributed by atoms with Gasteiger partial charge in [-0.2, -0.15) is 12.7 Å². The van der Waals surface area contributed by atoms with Crippen molar-refractivity contribution >= 4 is 21.9 Å². The van der Waals surface area contributed by atoms with Crippen molar-refractivity contribution in [3.05, 3.63) is 29.8 Å². The zero-order chi connectivity index (χ0) is 14.6. The number of aliphatic carboxylic acids is 1. The lowest BCUT2D eigenvalue weighted by Crippen LogP contribution is -2.34. The molecule has 0 unspecified atom stereocenters. The maximum absolute atomic E-state index is 13.3. The maximum atomic E-state index is 13.3. The topological polar surface area (TPSA) is 86.7 Å². The predicted molar refractivity (Wildman–Crippen MR) is 63.8 cm³/mol. The van der Waals surface area contributed by atoms with Gasteiger partial charge >= 0.3 is 16.2 Å². The molecule has 6 nitrogen and oxygen atoms in total. The second kappa shape index (κ2) is 5.93. The number of nitrogens with one attached hydrogen (secondary N) is 1. The largest absolute Gasteiger partial charge is 0.481 e. The summed E-state index contributed by atoms with van der Waals surface area (Å²) >= 11 is 0. The molecule has 106 valence electrons. The van der Waals surface area contributed by atoms with Crippen molar-refractivity contribution < 1.29 is 27.1 Å². The molecule has 1 rings (SSSR count). The fourth-order valence-electron chi connectivity index (χ4n) is 1.17. The van der Waals surface area contributed by atoms with Gasteiger partial charge < -0.3 is 5.11 Å². The third-order valence-electron chi connectivity index (χ3n) is 2.24. The van der Waals surface area contributed by atoms with Gasteiger partial charge in [-0.25, -0.2) is 8.78 Å². The minimum Gasteiger partial charge on any atom is -0.481 e. The summed E-state index contributed by atoms with van der Waals surface area (Å²) < 4.78 is 52.2. The van der Waals surface area contributed by atoms with Gasteiger partial charge in [0.05, 0.1) is 12.1 Å². The zero-order valence-corrected chi connectivity index (χ0v) is 10.7. The van der Waals surface area contributed by atoms with Crippen LogP contribution in [0.4, 0.5) is 14.5 Å². The monoisotopic (exact) mass is 294 g/mol. The van der Waals surface area contributed by atoms with Crippen molar-refractivity contribution in [1.29, 1.82) is 0 Å². The molecule has 2 N–H and O–H groups in total. The van der Waals surface area contributed by atoms with Gasteiger partial charge in [0.15, 0.2) is 11.6 Å². The Labute approximate surface area is 108 Å². The van der Waals surface area contributed by atoms with Crippen molar-refractivity contribution in [3.8, 4) is 0 Å². The molecule has 1 aromatic carbocycles. The molecule has 0 saturated carbocycles. The van der Waals surface area contributed by atoms with Crippen LogP contribution < -0.4 is 4.72 Å². The molecular formula is C10H12F2N2O4S. The molecule has 0 spiro atoms. The lowest BCUT2D eigenvalue weighted by atomic mass is 10.3. The first kappa shape index (κ1) is 15.3. The van der Waals surface area contributed by atoms with Crippen molar-refractivity contribution in [3.63, 3.8) is 0 Å². The van der Waals surface area contributed by atoms with Crippen LogP contribution in [0.2, 0.25) is 0 Å². The van der Waals surface area contributed by atoms with Crippen LogP contribution in [0, 0.1) is 11.6 Å². The van der Waals surface area contributed by atoms with E-state index >= 15 is 0 Å². The quantitative estimate of drug-likeness (QED) is 0.820. The molecule has 0 heterocycles. The Kier molecular flexibility index (Phi) is 4.78. The average Bonchev–Trinajstić information content (AvgIpc) is 2.31. The second-order valence-corrected chi connectivity index (χ2v) is 5.45. The minimum atomic E-state index is -4.13. The van der Waals surface area contributed by atoms with E-state index < -0.39 is 39.9 Å². The number of anilines is 1. The van der Waals surface area contributed by atoms with Crippen LogP contribution in [0.1, 0.15) is 6.42 Å². The smallest absolute Gasteiger partial charge is 0.304 e. The summed E-state index contributed by atoms with van der Waals surface area (Å²) in [4.78, 5) is 10.3. The molecule has 19 heavy (non-hydrogen) atoms. The van der Waals surface area contributed by atoms with Crippen molar-refractivity contribution in [2.45, 2.75) is 6.42 Å². The molecule has 0 fully saturated rings. The molecule has 0 aromatic heterocycles. The van der Waals surface area contributed by atoms with Gasteiger partial charge in [-0.3, -0.25) is 9.52 Å². The Morgan fingerprint density at radius 3 is 2.63 bits per heavy atom.